The zero-order chi connectivity index (χ0) is 13.8. The van der Waals surface area contributed by atoms with Crippen LogP contribution in [0.2, 0.25) is 0 Å². The first kappa shape index (κ1) is 14.6. The number of aryl methyl sites for hydroxylation is 1. The van der Waals surface area contributed by atoms with Gasteiger partial charge in [0.2, 0.25) is 0 Å². The lowest BCUT2D eigenvalue weighted by Gasteiger charge is -2.25. The van der Waals surface area contributed by atoms with E-state index in [0.29, 0.717) is 6.42 Å². The lowest BCUT2D eigenvalue weighted by molar-refractivity contribution is -0.141. The highest BCUT2D eigenvalue weighted by atomic mass is 16.5. The molecule has 0 radical (unpaired) electrons. The first-order valence-corrected chi connectivity index (χ1v) is 6.12. The second kappa shape index (κ2) is 5.89. The first-order valence-electron chi connectivity index (χ1n) is 6.12. The standard InChI is InChI=1S/C15H22O3/c1-11-8-12(10-13(9-11)17-4)15(2,3)7-6-14(16)18-5/h8-10H,6-7H2,1-5H3. The monoisotopic (exact) mass is 250 g/mol. The van der Waals surface area contributed by atoms with E-state index < -0.39 is 0 Å². The van der Waals surface area contributed by atoms with Crippen molar-refractivity contribution < 1.29 is 14.3 Å². The summed E-state index contributed by atoms with van der Waals surface area (Å²) in [4.78, 5) is 11.2. The maximum atomic E-state index is 11.2. The van der Waals surface area contributed by atoms with E-state index in [1.54, 1.807) is 7.11 Å². The van der Waals surface area contributed by atoms with Crippen LogP contribution in [0.4, 0.5) is 0 Å². The summed E-state index contributed by atoms with van der Waals surface area (Å²) in [5, 5.41) is 0. The number of methoxy groups -OCH3 is 2. The van der Waals surface area contributed by atoms with Crippen molar-refractivity contribution in [2.24, 2.45) is 0 Å². The SMILES string of the molecule is COC(=O)CCC(C)(C)c1cc(C)cc(OC)c1. The molecule has 0 bridgehead atoms. The molecule has 0 spiro atoms. The number of carbonyl (C=O) groups excluding carboxylic acids is 1. The third kappa shape index (κ3) is 3.76. The van der Waals surface area contributed by atoms with Crippen LogP contribution in [0.1, 0.15) is 37.8 Å². The summed E-state index contributed by atoms with van der Waals surface area (Å²) >= 11 is 0. The fourth-order valence-corrected chi connectivity index (χ4v) is 1.92. The molecule has 18 heavy (non-hydrogen) atoms. The third-order valence-corrected chi connectivity index (χ3v) is 3.25. The van der Waals surface area contributed by atoms with E-state index in [0.717, 1.165) is 17.7 Å². The highest BCUT2D eigenvalue weighted by molar-refractivity contribution is 5.69. The molecule has 1 aromatic rings. The van der Waals surface area contributed by atoms with Crippen LogP contribution >= 0.6 is 0 Å². The van der Waals surface area contributed by atoms with Gasteiger partial charge in [-0.1, -0.05) is 19.9 Å². The summed E-state index contributed by atoms with van der Waals surface area (Å²) in [6.45, 7) is 6.30. The van der Waals surface area contributed by atoms with Gasteiger partial charge in [-0.3, -0.25) is 4.79 Å². The van der Waals surface area contributed by atoms with Gasteiger partial charge in [-0.2, -0.15) is 0 Å². The van der Waals surface area contributed by atoms with Gasteiger partial charge in [0.25, 0.3) is 0 Å². The van der Waals surface area contributed by atoms with E-state index in [1.165, 1.54) is 12.7 Å². The average Bonchev–Trinajstić information content (AvgIpc) is 2.35. The van der Waals surface area contributed by atoms with Crippen molar-refractivity contribution in [2.75, 3.05) is 14.2 Å². The van der Waals surface area contributed by atoms with Crippen LogP contribution < -0.4 is 4.74 Å². The molecular formula is C15H22O3. The molecule has 0 aromatic heterocycles. The second-order valence-corrected chi connectivity index (χ2v) is 5.20. The van der Waals surface area contributed by atoms with E-state index in [-0.39, 0.29) is 11.4 Å². The predicted molar refractivity (Wildman–Crippen MR) is 72.0 cm³/mol. The van der Waals surface area contributed by atoms with Crippen LogP contribution in [0.15, 0.2) is 18.2 Å². The Hall–Kier alpha value is -1.51. The minimum Gasteiger partial charge on any atom is -0.497 e. The molecule has 0 saturated heterocycles. The molecule has 0 N–H and O–H groups in total. The maximum absolute atomic E-state index is 11.2. The fourth-order valence-electron chi connectivity index (χ4n) is 1.92. The number of esters is 1. The Kier molecular flexibility index (Phi) is 4.76. The van der Waals surface area contributed by atoms with Crippen LogP contribution in [-0.2, 0) is 14.9 Å². The average molecular weight is 250 g/mol. The molecular weight excluding hydrogens is 228 g/mol. The molecule has 0 amide bonds. The van der Waals surface area contributed by atoms with Gasteiger partial charge in [-0.15, -0.1) is 0 Å². The Morgan fingerprint density at radius 3 is 2.44 bits per heavy atom. The Morgan fingerprint density at radius 1 is 1.22 bits per heavy atom. The summed E-state index contributed by atoms with van der Waals surface area (Å²) in [5.74, 6) is 0.693. The normalized spacial score (nSPS) is 11.2. The van der Waals surface area contributed by atoms with Gasteiger partial charge in [-0.25, -0.2) is 0 Å². The van der Waals surface area contributed by atoms with E-state index in [4.69, 9.17) is 4.74 Å². The van der Waals surface area contributed by atoms with E-state index in [9.17, 15) is 4.79 Å². The van der Waals surface area contributed by atoms with Crippen molar-refractivity contribution in [1.29, 1.82) is 0 Å². The Balaban J connectivity index is 2.89. The van der Waals surface area contributed by atoms with Gasteiger partial charge in [-0.05, 0) is 42.0 Å². The molecule has 3 nitrogen and oxygen atoms in total. The highest BCUT2D eigenvalue weighted by Gasteiger charge is 2.22. The van der Waals surface area contributed by atoms with Crippen molar-refractivity contribution in [3.05, 3.63) is 29.3 Å². The Bertz CT molecular complexity index is 422. The maximum Gasteiger partial charge on any atom is 0.305 e. The van der Waals surface area contributed by atoms with Crippen LogP contribution in [0, 0.1) is 6.92 Å². The van der Waals surface area contributed by atoms with Gasteiger partial charge in [0.1, 0.15) is 5.75 Å². The first-order chi connectivity index (χ1) is 8.39. The number of ether oxygens (including phenoxy) is 2. The minimum absolute atomic E-state index is 0.0759. The molecule has 0 aliphatic heterocycles. The molecule has 0 heterocycles. The molecule has 0 unspecified atom stereocenters. The van der Waals surface area contributed by atoms with Crippen molar-refractivity contribution in [1.82, 2.24) is 0 Å². The molecule has 100 valence electrons. The van der Waals surface area contributed by atoms with Gasteiger partial charge < -0.3 is 9.47 Å². The number of benzene rings is 1. The van der Waals surface area contributed by atoms with Crippen LogP contribution in [-0.4, -0.2) is 20.2 Å². The number of hydrogen-bond donors (Lipinski definition) is 0. The van der Waals surface area contributed by atoms with E-state index >= 15 is 0 Å². The zero-order valence-electron chi connectivity index (χ0n) is 11.9. The van der Waals surface area contributed by atoms with E-state index in [2.05, 4.69) is 24.7 Å². The van der Waals surface area contributed by atoms with Gasteiger partial charge in [0.15, 0.2) is 0 Å². The van der Waals surface area contributed by atoms with Crippen molar-refractivity contribution in [2.45, 2.75) is 39.0 Å². The topological polar surface area (TPSA) is 35.5 Å². The molecule has 1 aromatic carbocycles. The smallest absolute Gasteiger partial charge is 0.305 e. The highest BCUT2D eigenvalue weighted by Crippen LogP contribution is 2.31. The second-order valence-electron chi connectivity index (χ2n) is 5.20. The molecule has 1 rings (SSSR count). The lowest BCUT2D eigenvalue weighted by atomic mass is 9.80. The molecule has 0 fully saturated rings. The lowest BCUT2D eigenvalue weighted by Crippen LogP contribution is -2.19. The number of hydrogen-bond acceptors (Lipinski definition) is 3. The number of rotatable bonds is 5. The van der Waals surface area contributed by atoms with Crippen LogP contribution in [0.25, 0.3) is 0 Å². The van der Waals surface area contributed by atoms with Gasteiger partial charge >= 0.3 is 5.97 Å². The molecule has 0 aliphatic carbocycles. The summed E-state index contributed by atoms with van der Waals surface area (Å²) in [6, 6.07) is 6.17. The molecule has 0 atom stereocenters. The van der Waals surface area contributed by atoms with Crippen molar-refractivity contribution in [3.63, 3.8) is 0 Å². The fraction of sp³-hybridized carbons (Fsp3) is 0.533. The summed E-state index contributed by atoms with van der Waals surface area (Å²) < 4.78 is 9.97. The zero-order valence-corrected chi connectivity index (χ0v) is 11.9. The summed E-state index contributed by atoms with van der Waals surface area (Å²) in [6.07, 6.45) is 1.19. The van der Waals surface area contributed by atoms with Crippen molar-refractivity contribution in [3.8, 4) is 5.75 Å². The Labute approximate surface area is 109 Å². The molecule has 3 heteroatoms. The quantitative estimate of drug-likeness (QED) is 0.753. The number of carbonyl (C=O) groups is 1. The molecule has 0 saturated carbocycles. The van der Waals surface area contributed by atoms with E-state index in [1.807, 2.05) is 19.1 Å². The molecule has 0 aliphatic rings. The predicted octanol–water partition coefficient (Wildman–Crippen LogP) is 3.23. The van der Waals surface area contributed by atoms with Crippen LogP contribution in [0.3, 0.4) is 0 Å². The largest absolute Gasteiger partial charge is 0.497 e. The van der Waals surface area contributed by atoms with Gasteiger partial charge in [0, 0.05) is 6.42 Å². The van der Waals surface area contributed by atoms with Gasteiger partial charge in [0.05, 0.1) is 14.2 Å². The summed E-state index contributed by atoms with van der Waals surface area (Å²) in [7, 11) is 3.09. The Morgan fingerprint density at radius 2 is 1.89 bits per heavy atom. The van der Waals surface area contributed by atoms with Crippen molar-refractivity contribution >= 4 is 5.97 Å². The third-order valence-electron chi connectivity index (χ3n) is 3.25. The van der Waals surface area contributed by atoms with Crippen LogP contribution in [0.5, 0.6) is 5.75 Å². The minimum atomic E-state index is -0.164. The summed E-state index contributed by atoms with van der Waals surface area (Å²) in [5.41, 5.74) is 2.27.